The zero-order valence-corrected chi connectivity index (χ0v) is 17.5. The third-order valence-electron chi connectivity index (χ3n) is 4.88. The number of rotatable bonds is 8. The van der Waals surface area contributed by atoms with Gasteiger partial charge in [0.25, 0.3) is 0 Å². The second-order valence-electron chi connectivity index (χ2n) is 7.13. The van der Waals surface area contributed by atoms with Gasteiger partial charge in [-0.15, -0.1) is 11.8 Å². The highest BCUT2D eigenvalue weighted by Gasteiger charge is 2.11. The van der Waals surface area contributed by atoms with Gasteiger partial charge in [-0.1, -0.05) is 48.4 Å². The lowest BCUT2D eigenvalue weighted by Crippen LogP contribution is -2.29. The van der Waals surface area contributed by atoms with Crippen LogP contribution in [0.1, 0.15) is 36.0 Å². The molecular weight excluding hydrogens is 395 g/mol. The van der Waals surface area contributed by atoms with E-state index in [1.165, 1.54) is 55.7 Å². The third-order valence-corrected chi connectivity index (χ3v) is 6.19. The summed E-state index contributed by atoms with van der Waals surface area (Å²) in [6.45, 7) is 3.82. The molecule has 150 valence electrons. The zero-order valence-electron chi connectivity index (χ0n) is 15.9. The van der Waals surface area contributed by atoms with Crippen LogP contribution in [0, 0.1) is 5.82 Å². The number of nitrogens with zero attached hydrogens (tertiary/aromatic N) is 1. The molecule has 1 aliphatic rings. The Balaban J connectivity index is 1.42. The number of carbonyl (C=O) groups is 1. The molecule has 1 saturated heterocycles. The van der Waals surface area contributed by atoms with Crippen LogP contribution in [-0.2, 0) is 23.6 Å². The maximum absolute atomic E-state index is 13.7. The van der Waals surface area contributed by atoms with Crippen LogP contribution in [0.3, 0.4) is 0 Å². The Labute approximate surface area is 175 Å². The number of hydrogen-bond acceptors (Lipinski definition) is 3. The average molecular weight is 421 g/mol. The molecule has 2 aromatic carbocycles. The molecule has 0 bridgehead atoms. The Hall–Kier alpha value is -1.56. The van der Waals surface area contributed by atoms with Gasteiger partial charge in [-0.05, 0) is 49.2 Å². The van der Waals surface area contributed by atoms with Crippen LogP contribution in [0.2, 0.25) is 5.02 Å². The predicted octanol–water partition coefficient (Wildman–Crippen LogP) is 5.01. The molecule has 1 aliphatic heterocycles. The summed E-state index contributed by atoms with van der Waals surface area (Å²) in [6.07, 6.45) is 3.90. The van der Waals surface area contributed by atoms with E-state index in [-0.39, 0.29) is 17.5 Å². The highest BCUT2D eigenvalue weighted by atomic mass is 35.5. The zero-order chi connectivity index (χ0) is 19.8. The average Bonchev–Trinajstić information content (AvgIpc) is 2.70. The van der Waals surface area contributed by atoms with E-state index in [2.05, 4.69) is 28.4 Å². The fourth-order valence-electron chi connectivity index (χ4n) is 3.38. The van der Waals surface area contributed by atoms with Crippen molar-refractivity contribution in [2.24, 2.45) is 0 Å². The first-order chi connectivity index (χ1) is 13.6. The summed E-state index contributed by atoms with van der Waals surface area (Å²) >= 11 is 7.37. The second kappa shape index (κ2) is 10.8. The molecule has 2 aromatic rings. The minimum atomic E-state index is -0.328. The Morgan fingerprint density at radius 3 is 2.64 bits per heavy atom. The lowest BCUT2D eigenvalue weighted by atomic mass is 10.1. The lowest BCUT2D eigenvalue weighted by Gasteiger charge is -2.26. The van der Waals surface area contributed by atoms with Crippen LogP contribution in [0.15, 0.2) is 42.5 Å². The Bertz CT molecular complexity index is 776. The molecular formula is C22H26ClFN2OS. The van der Waals surface area contributed by atoms with E-state index in [0.29, 0.717) is 22.9 Å². The quantitative estimate of drug-likeness (QED) is 0.651. The van der Waals surface area contributed by atoms with Crippen molar-refractivity contribution >= 4 is 29.3 Å². The Morgan fingerprint density at radius 1 is 1.11 bits per heavy atom. The van der Waals surface area contributed by atoms with Gasteiger partial charge in [0.05, 0.1) is 5.75 Å². The summed E-state index contributed by atoms with van der Waals surface area (Å²) in [6, 6.07) is 13.0. The molecule has 1 amide bonds. The molecule has 1 fully saturated rings. The maximum atomic E-state index is 13.7. The van der Waals surface area contributed by atoms with Crippen LogP contribution in [0.4, 0.5) is 4.39 Å². The van der Waals surface area contributed by atoms with Crippen LogP contribution in [-0.4, -0.2) is 29.6 Å². The molecule has 1 N–H and O–H groups in total. The van der Waals surface area contributed by atoms with Gasteiger partial charge in [-0.25, -0.2) is 4.39 Å². The number of piperidine rings is 1. The van der Waals surface area contributed by atoms with E-state index in [1.807, 2.05) is 6.07 Å². The number of nitrogens with one attached hydrogen (secondary N) is 1. The summed E-state index contributed by atoms with van der Waals surface area (Å²) < 4.78 is 13.7. The highest BCUT2D eigenvalue weighted by Crippen LogP contribution is 2.23. The van der Waals surface area contributed by atoms with Crippen molar-refractivity contribution in [3.63, 3.8) is 0 Å². The topological polar surface area (TPSA) is 32.3 Å². The first kappa shape index (κ1) is 21.2. The SMILES string of the molecule is O=C(CSCc1c(F)cccc1Cl)NCc1cccc(CN2CCCCC2)c1. The summed E-state index contributed by atoms with van der Waals surface area (Å²) in [4.78, 5) is 14.6. The molecule has 0 radical (unpaired) electrons. The molecule has 3 rings (SSSR count). The van der Waals surface area contributed by atoms with Gasteiger partial charge in [-0.2, -0.15) is 0 Å². The fourth-order valence-corrected chi connectivity index (χ4v) is 4.58. The molecule has 28 heavy (non-hydrogen) atoms. The van der Waals surface area contributed by atoms with E-state index in [1.54, 1.807) is 12.1 Å². The van der Waals surface area contributed by atoms with E-state index >= 15 is 0 Å². The predicted molar refractivity (Wildman–Crippen MR) is 115 cm³/mol. The van der Waals surface area contributed by atoms with Gasteiger partial charge >= 0.3 is 0 Å². The van der Waals surface area contributed by atoms with Crippen molar-refractivity contribution in [2.45, 2.75) is 38.1 Å². The number of thioether (sulfide) groups is 1. The number of likely N-dealkylation sites (tertiary alicyclic amines) is 1. The normalized spacial score (nSPS) is 14.8. The second-order valence-corrected chi connectivity index (χ2v) is 8.52. The van der Waals surface area contributed by atoms with Crippen molar-refractivity contribution in [1.29, 1.82) is 0 Å². The largest absolute Gasteiger partial charge is 0.351 e. The van der Waals surface area contributed by atoms with Gasteiger partial charge in [0, 0.05) is 29.4 Å². The lowest BCUT2D eigenvalue weighted by molar-refractivity contribution is -0.118. The molecule has 0 aliphatic carbocycles. The molecule has 0 unspecified atom stereocenters. The molecule has 6 heteroatoms. The van der Waals surface area contributed by atoms with Crippen LogP contribution >= 0.6 is 23.4 Å². The van der Waals surface area contributed by atoms with E-state index in [4.69, 9.17) is 11.6 Å². The van der Waals surface area contributed by atoms with Gasteiger partial charge in [0.2, 0.25) is 5.91 Å². The Morgan fingerprint density at radius 2 is 1.86 bits per heavy atom. The van der Waals surface area contributed by atoms with Gasteiger partial charge < -0.3 is 5.32 Å². The van der Waals surface area contributed by atoms with Gasteiger partial charge in [-0.3, -0.25) is 9.69 Å². The van der Waals surface area contributed by atoms with Crippen molar-refractivity contribution < 1.29 is 9.18 Å². The monoisotopic (exact) mass is 420 g/mol. The standard InChI is InChI=1S/C22H26ClFN2OS/c23-20-8-5-9-21(24)19(20)15-28-16-22(27)25-13-17-6-4-7-18(12-17)14-26-10-2-1-3-11-26/h4-9,12H,1-3,10-11,13-16H2,(H,25,27). The Kier molecular flexibility index (Phi) is 8.19. The number of benzene rings is 2. The van der Waals surface area contributed by atoms with Crippen LogP contribution in [0.5, 0.6) is 0 Å². The van der Waals surface area contributed by atoms with Crippen LogP contribution < -0.4 is 5.32 Å². The number of amides is 1. The highest BCUT2D eigenvalue weighted by molar-refractivity contribution is 7.99. The van der Waals surface area contributed by atoms with E-state index < -0.39 is 0 Å². The first-order valence-electron chi connectivity index (χ1n) is 9.69. The fraction of sp³-hybridized carbons (Fsp3) is 0.409. The molecule has 0 atom stereocenters. The minimum absolute atomic E-state index is 0.0566. The van der Waals surface area contributed by atoms with Gasteiger partial charge in [0.15, 0.2) is 0 Å². The van der Waals surface area contributed by atoms with Crippen molar-refractivity contribution in [3.05, 3.63) is 70.0 Å². The van der Waals surface area contributed by atoms with Crippen LogP contribution in [0.25, 0.3) is 0 Å². The summed E-state index contributed by atoms with van der Waals surface area (Å²) in [5.41, 5.74) is 2.84. The van der Waals surface area contributed by atoms with Crippen molar-refractivity contribution in [2.75, 3.05) is 18.8 Å². The molecule has 0 aromatic heterocycles. The van der Waals surface area contributed by atoms with E-state index in [9.17, 15) is 9.18 Å². The first-order valence-corrected chi connectivity index (χ1v) is 11.2. The summed E-state index contributed by atoms with van der Waals surface area (Å²) in [5.74, 6) is 0.271. The maximum Gasteiger partial charge on any atom is 0.230 e. The van der Waals surface area contributed by atoms with Crippen molar-refractivity contribution in [3.8, 4) is 0 Å². The molecule has 1 heterocycles. The van der Waals surface area contributed by atoms with E-state index in [0.717, 1.165) is 12.1 Å². The number of halogens is 2. The smallest absolute Gasteiger partial charge is 0.230 e. The number of hydrogen-bond donors (Lipinski definition) is 1. The molecule has 3 nitrogen and oxygen atoms in total. The van der Waals surface area contributed by atoms with Gasteiger partial charge in [0.1, 0.15) is 5.82 Å². The summed E-state index contributed by atoms with van der Waals surface area (Å²) in [5, 5.41) is 3.35. The third kappa shape index (κ3) is 6.50. The van der Waals surface area contributed by atoms with Crippen molar-refractivity contribution in [1.82, 2.24) is 10.2 Å². The molecule has 0 spiro atoms. The number of carbonyl (C=O) groups excluding carboxylic acids is 1. The minimum Gasteiger partial charge on any atom is -0.351 e. The summed E-state index contributed by atoms with van der Waals surface area (Å²) in [7, 11) is 0. The molecule has 0 saturated carbocycles.